The van der Waals surface area contributed by atoms with Gasteiger partial charge in [-0.15, -0.1) is 0 Å². The summed E-state index contributed by atoms with van der Waals surface area (Å²) in [7, 11) is 0. The fourth-order valence-electron chi connectivity index (χ4n) is 5.27. The zero-order valence-corrected chi connectivity index (χ0v) is 23.5. The molecule has 0 radical (unpaired) electrons. The number of anilines is 1. The summed E-state index contributed by atoms with van der Waals surface area (Å²) in [5.74, 6) is -0.903. The molecule has 3 aromatic rings. The highest BCUT2D eigenvalue weighted by molar-refractivity contribution is 5.68. The van der Waals surface area contributed by atoms with Gasteiger partial charge in [-0.3, -0.25) is 4.90 Å². The number of nitriles is 1. The highest BCUT2D eigenvalue weighted by Crippen LogP contribution is 2.34. The third-order valence-electron chi connectivity index (χ3n) is 7.24. The van der Waals surface area contributed by atoms with Gasteiger partial charge in [0, 0.05) is 44.9 Å². The summed E-state index contributed by atoms with van der Waals surface area (Å²) in [4.78, 5) is 4.35. The molecule has 0 saturated heterocycles. The van der Waals surface area contributed by atoms with Gasteiger partial charge in [-0.25, -0.2) is 4.39 Å². The minimum Gasteiger partial charge on any atom is -0.488 e. The van der Waals surface area contributed by atoms with Crippen molar-refractivity contribution in [3.63, 3.8) is 0 Å². The van der Waals surface area contributed by atoms with Crippen molar-refractivity contribution in [2.75, 3.05) is 44.4 Å². The quantitative estimate of drug-likeness (QED) is 0.238. The van der Waals surface area contributed by atoms with Gasteiger partial charge in [0.05, 0.1) is 11.3 Å². The summed E-state index contributed by atoms with van der Waals surface area (Å²) >= 11 is 0. The van der Waals surface area contributed by atoms with Crippen molar-refractivity contribution >= 4 is 5.69 Å². The van der Waals surface area contributed by atoms with Gasteiger partial charge < -0.3 is 19.5 Å². The van der Waals surface area contributed by atoms with E-state index in [4.69, 9.17) is 9.47 Å². The lowest BCUT2D eigenvalue weighted by molar-refractivity contribution is -0.153. The van der Waals surface area contributed by atoms with Crippen LogP contribution in [0.15, 0.2) is 60.7 Å². The Hall–Kier alpha value is -3.81. The van der Waals surface area contributed by atoms with Crippen molar-refractivity contribution in [2.45, 2.75) is 44.9 Å². The first kappa shape index (κ1) is 31.1. The number of ether oxygens (including phenoxy) is 2. The summed E-state index contributed by atoms with van der Waals surface area (Å²) in [5.41, 5.74) is 4.82. The van der Waals surface area contributed by atoms with Crippen LogP contribution in [0.2, 0.25) is 0 Å². The van der Waals surface area contributed by atoms with E-state index in [1.54, 1.807) is 0 Å². The van der Waals surface area contributed by atoms with Crippen LogP contribution in [0.1, 0.15) is 35.6 Å². The van der Waals surface area contributed by atoms with E-state index in [1.165, 1.54) is 0 Å². The third-order valence-corrected chi connectivity index (χ3v) is 7.24. The Morgan fingerprint density at radius 2 is 1.83 bits per heavy atom. The van der Waals surface area contributed by atoms with Gasteiger partial charge >= 0.3 is 6.18 Å². The zero-order chi connectivity index (χ0) is 30.1. The lowest BCUT2D eigenvalue weighted by atomic mass is 9.98. The Balaban J connectivity index is 1.48. The molecule has 224 valence electrons. The number of aliphatic hydroxyl groups is 1. The van der Waals surface area contributed by atoms with E-state index in [1.807, 2.05) is 36.4 Å². The molecule has 0 spiro atoms. The van der Waals surface area contributed by atoms with Crippen molar-refractivity contribution < 1.29 is 32.1 Å². The molecule has 1 aliphatic rings. The predicted octanol–water partition coefficient (Wildman–Crippen LogP) is 5.90. The largest absolute Gasteiger partial charge is 0.488 e. The Bertz CT molecular complexity index is 1360. The molecular formula is C32H35F4N3O3. The fourth-order valence-corrected chi connectivity index (χ4v) is 5.27. The molecule has 0 fully saturated rings. The number of hydrogen-bond acceptors (Lipinski definition) is 6. The van der Waals surface area contributed by atoms with Crippen LogP contribution in [0.25, 0.3) is 0 Å². The molecule has 6 nitrogen and oxygen atoms in total. The Kier molecular flexibility index (Phi) is 10.7. The maximum absolute atomic E-state index is 13.9. The van der Waals surface area contributed by atoms with Crippen molar-refractivity contribution in [1.29, 1.82) is 5.26 Å². The lowest BCUT2D eigenvalue weighted by Crippen LogP contribution is -2.37. The average Bonchev–Trinajstić information content (AvgIpc) is 3.37. The van der Waals surface area contributed by atoms with Gasteiger partial charge in [0.15, 0.2) is 18.1 Å². The topological polar surface area (TPSA) is 69.0 Å². The first-order valence-electron chi connectivity index (χ1n) is 14.0. The molecule has 1 aliphatic heterocycles. The normalized spacial score (nSPS) is 13.6. The SMILES string of the molecule is C[C@H](Cc1cc(C#N)c2c(c1)CCN2CCCO)N(CCOc1cc(F)ccc1OCC(F)(F)F)Cc1ccccc1. The minimum atomic E-state index is -4.53. The molecule has 0 saturated carbocycles. The van der Waals surface area contributed by atoms with E-state index in [2.05, 4.69) is 28.9 Å². The van der Waals surface area contributed by atoms with Crippen LogP contribution in [0.3, 0.4) is 0 Å². The molecule has 1 N–H and O–H groups in total. The number of nitrogens with zero attached hydrogens (tertiary/aromatic N) is 3. The van der Waals surface area contributed by atoms with Gasteiger partial charge in [0.25, 0.3) is 0 Å². The highest BCUT2D eigenvalue weighted by atomic mass is 19.4. The summed E-state index contributed by atoms with van der Waals surface area (Å²) in [6, 6.07) is 19.5. The summed E-state index contributed by atoms with van der Waals surface area (Å²) < 4.78 is 62.6. The van der Waals surface area contributed by atoms with Gasteiger partial charge in [-0.05, 0) is 61.1 Å². The maximum Gasteiger partial charge on any atom is 0.422 e. The van der Waals surface area contributed by atoms with Crippen molar-refractivity contribution in [1.82, 2.24) is 4.90 Å². The Labute approximate surface area is 243 Å². The molecule has 3 aromatic carbocycles. The highest BCUT2D eigenvalue weighted by Gasteiger charge is 2.29. The smallest absolute Gasteiger partial charge is 0.422 e. The monoisotopic (exact) mass is 585 g/mol. The second kappa shape index (κ2) is 14.4. The molecule has 0 unspecified atom stereocenters. The first-order valence-corrected chi connectivity index (χ1v) is 14.0. The van der Waals surface area contributed by atoms with Crippen molar-refractivity contribution in [3.8, 4) is 17.6 Å². The molecule has 0 amide bonds. The molecule has 10 heteroatoms. The zero-order valence-electron chi connectivity index (χ0n) is 23.5. The van der Waals surface area contributed by atoms with E-state index in [0.29, 0.717) is 38.0 Å². The Morgan fingerprint density at radius 1 is 1.05 bits per heavy atom. The van der Waals surface area contributed by atoms with Crippen LogP contribution in [-0.2, 0) is 19.4 Å². The number of benzene rings is 3. The second-order valence-corrected chi connectivity index (χ2v) is 10.4. The molecule has 42 heavy (non-hydrogen) atoms. The number of fused-ring (bicyclic) bond motifs is 1. The predicted molar refractivity (Wildman–Crippen MR) is 152 cm³/mol. The number of halogens is 4. The maximum atomic E-state index is 13.9. The number of rotatable bonds is 14. The van der Waals surface area contributed by atoms with Gasteiger partial charge in [-0.1, -0.05) is 36.4 Å². The molecule has 0 aliphatic carbocycles. The second-order valence-electron chi connectivity index (χ2n) is 10.4. The molecule has 0 aromatic heterocycles. The average molecular weight is 586 g/mol. The fraction of sp³-hybridized carbons (Fsp3) is 0.406. The van der Waals surface area contributed by atoms with Crippen LogP contribution >= 0.6 is 0 Å². The molecule has 1 atom stereocenters. The van der Waals surface area contributed by atoms with E-state index in [0.717, 1.165) is 53.5 Å². The number of aliphatic hydroxyl groups excluding tert-OH is 1. The third kappa shape index (κ3) is 8.60. The van der Waals surface area contributed by atoms with E-state index >= 15 is 0 Å². The molecule has 0 bridgehead atoms. The number of alkyl halides is 3. The Morgan fingerprint density at radius 3 is 2.55 bits per heavy atom. The van der Waals surface area contributed by atoms with Crippen molar-refractivity contribution in [3.05, 3.63) is 88.7 Å². The molecular weight excluding hydrogens is 550 g/mol. The van der Waals surface area contributed by atoms with Crippen molar-refractivity contribution in [2.24, 2.45) is 0 Å². The molecule has 4 rings (SSSR count). The van der Waals surface area contributed by atoms with Gasteiger partial charge in [0.1, 0.15) is 18.5 Å². The van der Waals surface area contributed by atoms with E-state index in [-0.39, 0.29) is 30.8 Å². The van der Waals surface area contributed by atoms with Crippen LogP contribution in [0.4, 0.5) is 23.2 Å². The van der Waals surface area contributed by atoms with Crippen LogP contribution in [0, 0.1) is 17.1 Å². The van der Waals surface area contributed by atoms with E-state index in [9.17, 15) is 27.9 Å². The lowest BCUT2D eigenvalue weighted by Gasteiger charge is -2.30. The minimum absolute atomic E-state index is 0.0127. The first-order chi connectivity index (χ1) is 20.2. The van der Waals surface area contributed by atoms with Crippen LogP contribution < -0.4 is 14.4 Å². The molecule has 1 heterocycles. The standard InChI is InChI=1S/C32H35F4N3O3/c1-23(16-25-17-26-10-12-38(11-5-14-40)31(26)27(18-25)20-37)39(21-24-6-3-2-4-7-24)13-15-41-30-19-28(33)8-9-29(30)42-22-32(34,35)36/h2-4,6-9,17-19,23,40H,5,10-16,21-22H2,1H3/t23-/m1/s1. The van der Waals surface area contributed by atoms with Gasteiger partial charge in [0.2, 0.25) is 0 Å². The summed E-state index contributed by atoms with van der Waals surface area (Å²) in [6.45, 7) is 3.30. The summed E-state index contributed by atoms with van der Waals surface area (Å²) in [6.07, 6.45) is -2.39. The van der Waals surface area contributed by atoms with Crippen LogP contribution in [-0.4, -0.2) is 61.7 Å². The number of hydrogen-bond donors (Lipinski definition) is 1. The van der Waals surface area contributed by atoms with Gasteiger partial charge in [-0.2, -0.15) is 18.4 Å². The van der Waals surface area contributed by atoms with E-state index < -0.39 is 18.6 Å². The summed E-state index contributed by atoms with van der Waals surface area (Å²) in [5, 5.41) is 19.1. The van der Waals surface area contributed by atoms with Crippen LogP contribution in [0.5, 0.6) is 11.5 Å².